The lowest BCUT2D eigenvalue weighted by Crippen LogP contribution is -2.25. The van der Waals surface area contributed by atoms with Crippen molar-refractivity contribution in [3.05, 3.63) is 22.7 Å². The Labute approximate surface area is 149 Å². The van der Waals surface area contributed by atoms with Crippen molar-refractivity contribution in [3.63, 3.8) is 0 Å². The summed E-state index contributed by atoms with van der Waals surface area (Å²) in [7, 11) is 0. The molecule has 0 spiro atoms. The van der Waals surface area contributed by atoms with Crippen molar-refractivity contribution in [1.29, 1.82) is 0 Å². The number of unbranched alkanes of at least 4 members (excludes halogenated alkanes) is 1. The van der Waals surface area contributed by atoms with Crippen LogP contribution in [-0.2, 0) is 0 Å². The van der Waals surface area contributed by atoms with Crippen LogP contribution in [0.1, 0.15) is 43.5 Å². The highest BCUT2D eigenvalue weighted by atomic mass is 35.5. The van der Waals surface area contributed by atoms with Crippen molar-refractivity contribution in [1.82, 2.24) is 5.32 Å². The van der Waals surface area contributed by atoms with Crippen LogP contribution in [0.3, 0.4) is 0 Å². The quantitative estimate of drug-likeness (QED) is 0.623. The van der Waals surface area contributed by atoms with E-state index in [1.54, 1.807) is 12.1 Å². The smallest absolute Gasteiger partial charge is 0.251 e. The van der Waals surface area contributed by atoms with Crippen molar-refractivity contribution in [2.75, 3.05) is 26.3 Å². The Bertz CT molecular complexity index is 485. The zero-order valence-corrected chi connectivity index (χ0v) is 15.3. The van der Waals surface area contributed by atoms with E-state index in [9.17, 15) is 4.79 Å². The minimum atomic E-state index is -0.179. The second-order valence-corrected chi connectivity index (χ2v) is 5.23. The molecule has 0 atom stereocenters. The molecule has 0 saturated heterocycles. The molecular formula is C16H26Cl2N2O3. The highest BCUT2D eigenvalue weighted by Crippen LogP contribution is 2.36. The van der Waals surface area contributed by atoms with E-state index in [0.29, 0.717) is 48.4 Å². The average Bonchev–Trinajstić information content (AvgIpc) is 2.50. The Hall–Kier alpha value is -1.17. The minimum Gasteiger partial charge on any atom is -0.490 e. The number of halogens is 2. The maximum absolute atomic E-state index is 12.1. The van der Waals surface area contributed by atoms with Gasteiger partial charge >= 0.3 is 0 Å². The number of rotatable bonds is 10. The van der Waals surface area contributed by atoms with E-state index in [1.165, 1.54) is 0 Å². The number of hydrogen-bond donors (Lipinski definition) is 2. The number of carbonyl (C=O) groups is 1. The number of hydrogen-bond acceptors (Lipinski definition) is 4. The largest absolute Gasteiger partial charge is 0.490 e. The van der Waals surface area contributed by atoms with E-state index in [-0.39, 0.29) is 18.3 Å². The number of amides is 1. The van der Waals surface area contributed by atoms with Crippen LogP contribution in [0.5, 0.6) is 11.5 Å². The molecule has 0 radical (unpaired) electrons. The molecule has 0 bridgehead atoms. The summed E-state index contributed by atoms with van der Waals surface area (Å²) in [4.78, 5) is 12.1. The van der Waals surface area contributed by atoms with E-state index >= 15 is 0 Å². The van der Waals surface area contributed by atoms with Gasteiger partial charge in [0, 0.05) is 12.1 Å². The molecule has 1 aromatic rings. The SMILES string of the molecule is CCCOc1c(Cl)cc(C(=O)NCCCCN)cc1OCC.Cl. The average molecular weight is 365 g/mol. The van der Waals surface area contributed by atoms with Gasteiger partial charge in [-0.25, -0.2) is 0 Å². The number of nitrogens with two attached hydrogens (primary N) is 1. The van der Waals surface area contributed by atoms with Gasteiger partial charge in [-0.2, -0.15) is 0 Å². The van der Waals surface area contributed by atoms with E-state index in [2.05, 4.69) is 5.32 Å². The Morgan fingerprint density at radius 1 is 1.26 bits per heavy atom. The first-order valence-corrected chi connectivity index (χ1v) is 8.09. The molecule has 0 saturated carbocycles. The molecule has 1 aromatic carbocycles. The summed E-state index contributed by atoms with van der Waals surface area (Å²) >= 11 is 6.23. The van der Waals surface area contributed by atoms with Crippen LogP contribution in [0.4, 0.5) is 0 Å². The summed E-state index contributed by atoms with van der Waals surface area (Å²) in [6, 6.07) is 3.27. The van der Waals surface area contributed by atoms with Crippen LogP contribution in [0, 0.1) is 0 Å². The molecule has 7 heteroatoms. The number of benzene rings is 1. The maximum atomic E-state index is 12.1. The lowest BCUT2D eigenvalue weighted by Gasteiger charge is -2.15. The van der Waals surface area contributed by atoms with E-state index in [0.717, 1.165) is 19.3 Å². The van der Waals surface area contributed by atoms with E-state index in [1.807, 2.05) is 13.8 Å². The number of carbonyl (C=O) groups excluding carboxylic acids is 1. The van der Waals surface area contributed by atoms with Crippen LogP contribution < -0.4 is 20.5 Å². The summed E-state index contributed by atoms with van der Waals surface area (Å²) in [5.41, 5.74) is 5.89. The molecule has 0 aliphatic rings. The van der Waals surface area contributed by atoms with Gasteiger partial charge in [-0.15, -0.1) is 12.4 Å². The van der Waals surface area contributed by atoms with Crippen LogP contribution in [0.15, 0.2) is 12.1 Å². The predicted octanol–water partition coefficient (Wildman–Crippen LogP) is 3.42. The van der Waals surface area contributed by atoms with Crippen molar-refractivity contribution >= 4 is 29.9 Å². The number of nitrogens with one attached hydrogen (secondary N) is 1. The third-order valence-electron chi connectivity index (χ3n) is 2.94. The van der Waals surface area contributed by atoms with Crippen molar-refractivity contribution in [2.24, 2.45) is 5.73 Å². The second-order valence-electron chi connectivity index (χ2n) is 4.82. The fourth-order valence-electron chi connectivity index (χ4n) is 1.88. The molecule has 0 unspecified atom stereocenters. The van der Waals surface area contributed by atoms with Crippen LogP contribution in [0.2, 0.25) is 5.02 Å². The van der Waals surface area contributed by atoms with Gasteiger partial charge in [-0.1, -0.05) is 18.5 Å². The zero-order chi connectivity index (χ0) is 16.4. The molecule has 0 aromatic heterocycles. The van der Waals surface area contributed by atoms with Gasteiger partial charge in [-0.05, 0) is 44.9 Å². The fourth-order valence-corrected chi connectivity index (χ4v) is 2.14. The summed E-state index contributed by atoms with van der Waals surface area (Å²) in [6.45, 7) is 6.12. The highest BCUT2D eigenvalue weighted by Gasteiger charge is 2.16. The Balaban J connectivity index is 0.00000484. The van der Waals surface area contributed by atoms with E-state index in [4.69, 9.17) is 26.8 Å². The molecule has 1 rings (SSSR count). The fraction of sp³-hybridized carbons (Fsp3) is 0.562. The zero-order valence-electron chi connectivity index (χ0n) is 13.7. The molecule has 23 heavy (non-hydrogen) atoms. The summed E-state index contributed by atoms with van der Waals surface area (Å²) in [5.74, 6) is 0.808. The Morgan fingerprint density at radius 2 is 2.00 bits per heavy atom. The minimum absolute atomic E-state index is 0. The molecule has 0 fully saturated rings. The second kappa shape index (κ2) is 12.3. The molecule has 132 valence electrons. The third kappa shape index (κ3) is 7.29. The topological polar surface area (TPSA) is 73.6 Å². The van der Waals surface area contributed by atoms with Crippen molar-refractivity contribution in [3.8, 4) is 11.5 Å². The van der Waals surface area contributed by atoms with Gasteiger partial charge in [0.05, 0.1) is 18.2 Å². The standard InChI is InChI=1S/C16H25ClN2O3.ClH/c1-3-9-22-15-13(17)10-12(11-14(15)21-4-2)16(20)19-8-6-5-7-18;/h10-11H,3-9,18H2,1-2H3,(H,19,20);1H. The molecule has 1 amide bonds. The molecule has 0 aliphatic heterocycles. The van der Waals surface area contributed by atoms with Gasteiger partial charge in [0.2, 0.25) is 0 Å². The third-order valence-corrected chi connectivity index (χ3v) is 3.22. The first-order chi connectivity index (χ1) is 10.6. The van der Waals surface area contributed by atoms with Gasteiger partial charge in [0.1, 0.15) is 0 Å². The van der Waals surface area contributed by atoms with Gasteiger partial charge in [0.15, 0.2) is 11.5 Å². The summed E-state index contributed by atoms with van der Waals surface area (Å²) in [5, 5.41) is 3.22. The molecule has 5 nitrogen and oxygen atoms in total. The van der Waals surface area contributed by atoms with Gasteiger partial charge in [-0.3, -0.25) is 4.79 Å². The first-order valence-electron chi connectivity index (χ1n) is 7.71. The first kappa shape index (κ1) is 21.8. The van der Waals surface area contributed by atoms with Crippen LogP contribution in [0.25, 0.3) is 0 Å². The molecule has 3 N–H and O–H groups in total. The molecule has 0 heterocycles. The Kier molecular flexibility index (Phi) is 11.7. The molecular weight excluding hydrogens is 339 g/mol. The monoisotopic (exact) mass is 364 g/mol. The van der Waals surface area contributed by atoms with E-state index < -0.39 is 0 Å². The lowest BCUT2D eigenvalue weighted by atomic mass is 10.1. The normalized spacial score (nSPS) is 9.91. The van der Waals surface area contributed by atoms with Crippen LogP contribution in [-0.4, -0.2) is 32.2 Å². The maximum Gasteiger partial charge on any atom is 0.251 e. The van der Waals surface area contributed by atoms with Gasteiger partial charge < -0.3 is 20.5 Å². The van der Waals surface area contributed by atoms with Crippen LogP contribution >= 0.6 is 24.0 Å². The Morgan fingerprint density at radius 3 is 2.61 bits per heavy atom. The number of ether oxygens (including phenoxy) is 2. The van der Waals surface area contributed by atoms with Crippen molar-refractivity contribution in [2.45, 2.75) is 33.1 Å². The molecule has 0 aliphatic carbocycles. The predicted molar refractivity (Wildman–Crippen MR) is 96.3 cm³/mol. The van der Waals surface area contributed by atoms with Crippen molar-refractivity contribution < 1.29 is 14.3 Å². The lowest BCUT2D eigenvalue weighted by molar-refractivity contribution is 0.0952. The van der Waals surface area contributed by atoms with Gasteiger partial charge in [0.25, 0.3) is 5.91 Å². The summed E-state index contributed by atoms with van der Waals surface area (Å²) in [6.07, 6.45) is 2.60. The summed E-state index contributed by atoms with van der Waals surface area (Å²) < 4.78 is 11.2. The highest BCUT2D eigenvalue weighted by molar-refractivity contribution is 6.32.